The third kappa shape index (κ3) is 4.99. The number of hydrogen-bond donors (Lipinski definition) is 2. The molecule has 0 radical (unpaired) electrons. The van der Waals surface area contributed by atoms with E-state index in [0.29, 0.717) is 11.6 Å². The van der Waals surface area contributed by atoms with E-state index in [0.717, 1.165) is 72.2 Å². The summed E-state index contributed by atoms with van der Waals surface area (Å²) in [5.74, 6) is 1.58. The molecule has 39 heavy (non-hydrogen) atoms. The molecule has 2 N–H and O–H groups in total. The topological polar surface area (TPSA) is 64.8 Å². The van der Waals surface area contributed by atoms with Gasteiger partial charge in [-0.1, -0.05) is 80.0 Å². The van der Waals surface area contributed by atoms with E-state index in [1.807, 2.05) is 60.7 Å². The molecule has 0 bridgehead atoms. The number of phenolic OH excluding ortho intramolecular Hbond substituents is 1. The van der Waals surface area contributed by atoms with Gasteiger partial charge in [-0.15, -0.1) is 0 Å². The van der Waals surface area contributed by atoms with Crippen molar-refractivity contribution in [2.75, 3.05) is 36.4 Å². The van der Waals surface area contributed by atoms with Crippen molar-refractivity contribution >= 4 is 34.5 Å². The fraction of sp³-hybridized carbons (Fsp3) is 0.344. The zero-order valence-electron chi connectivity index (χ0n) is 22.7. The van der Waals surface area contributed by atoms with Gasteiger partial charge in [0.15, 0.2) is 11.6 Å². The maximum atomic E-state index is 11.2. The summed E-state index contributed by atoms with van der Waals surface area (Å²) in [5.41, 5.74) is 4.84. The van der Waals surface area contributed by atoms with E-state index in [1.165, 1.54) is 0 Å². The number of phenols is 1. The first-order valence-corrected chi connectivity index (χ1v) is 14.0. The molecular formula is C32H35ClN4O2. The van der Waals surface area contributed by atoms with Crippen LogP contribution in [0.5, 0.6) is 5.75 Å². The van der Waals surface area contributed by atoms with Crippen molar-refractivity contribution < 1.29 is 9.63 Å². The van der Waals surface area contributed by atoms with Crippen LogP contribution in [-0.2, 0) is 5.41 Å². The Morgan fingerprint density at radius 2 is 1.72 bits per heavy atom. The summed E-state index contributed by atoms with van der Waals surface area (Å²) in [6, 6.07) is 23.5. The zero-order chi connectivity index (χ0) is 27.2. The first-order valence-electron chi connectivity index (χ1n) is 13.6. The van der Waals surface area contributed by atoms with Crippen LogP contribution < -0.4 is 10.2 Å². The number of rotatable bonds is 5. The Bertz CT molecular complexity index is 1470. The number of aromatic hydroxyl groups is 1. The van der Waals surface area contributed by atoms with Gasteiger partial charge in [-0.2, -0.15) is 0 Å². The zero-order valence-corrected chi connectivity index (χ0v) is 23.5. The fourth-order valence-electron chi connectivity index (χ4n) is 6.24. The van der Waals surface area contributed by atoms with Gasteiger partial charge in [0, 0.05) is 40.7 Å². The van der Waals surface area contributed by atoms with Crippen molar-refractivity contribution in [1.82, 2.24) is 10.1 Å². The standard InChI is InChI=1S/C32H35ClN4O2/c1-31(2,3)20-36-17-15-32(16-18-36)21-37(30-26(38)14-13-23(33)29(30)32)25-12-8-7-11-24(25)34-28-19-27(39-35-28)22-9-5-4-6-10-22/h4-14,19,38H,15-18,20-21H2,1-3H3,(H,34,35). The van der Waals surface area contributed by atoms with Gasteiger partial charge in [0.25, 0.3) is 0 Å². The molecule has 6 rings (SSSR count). The van der Waals surface area contributed by atoms with E-state index in [1.54, 1.807) is 6.07 Å². The Balaban J connectivity index is 1.33. The van der Waals surface area contributed by atoms with Gasteiger partial charge in [0.1, 0.15) is 5.75 Å². The lowest BCUT2D eigenvalue weighted by atomic mass is 9.74. The van der Waals surface area contributed by atoms with Crippen molar-refractivity contribution in [2.45, 2.75) is 39.0 Å². The molecule has 0 aliphatic carbocycles. The molecular weight excluding hydrogens is 508 g/mol. The summed E-state index contributed by atoms with van der Waals surface area (Å²) in [5, 5.41) is 19.6. The molecule has 1 fully saturated rings. The lowest BCUT2D eigenvalue weighted by Gasteiger charge is -2.42. The molecule has 0 unspecified atom stereocenters. The Morgan fingerprint density at radius 3 is 2.46 bits per heavy atom. The van der Waals surface area contributed by atoms with Crippen molar-refractivity contribution in [2.24, 2.45) is 5.41 Å². The number of hydrogen-bond acceptors (Lipinski definition) is 6. The molecule has 0 amide bonds. The molecule has 6 nitrogen and oxygen atoms in total. The lowest BCUT2D eigenvalue weighted by Crippen LogP contribution is -2.46. The number of piperidine rings is 1. The highest BCUT2D eigenvalue weighted by Crippen LogP contribution is 2.56. The molecule has 3 heterocycles. The number of para-hydroxylation sites is 2. The third-order valence-electron chi connectivity index (χ3n) is 7.90. The Morgan fingerprint density at radius 1 is 1.00 bits per heavy atom. The quantitative estimate of drug-likeness (QED) is 0.266. The van der Waals surface area contributed by atoms with E-state index < -0.39 is 0 Å². The first kappa shape index (κ1) is 25.8. The Kier molecular flexibility index (Phi) is 6.56. The van der Waals surface area contributed by atoms with E-state index in [9.17, 15) is 5.11 Å². The van der Waals surface area contributed by atoms with Crippen molar-refractivity contribution in [3.63, 3.8) is 0 Å². The van der Waals surface area contributed by atoms with Crippen LogP contribution in [0.1, 0.15) is 39.2 Å². The largest absolute Gasteiger partial charge is 0.506 e. The number of anilines is 4. The van der Waals surface area contributed by atoms with Crippen LogP contribution in [0.3, 0.4) is 0 Å². The minimum absolute atomic E-state index is 0.124. The number of likely N-dealkylation sites (tertiary alicyclic amines) is 1. The predicted octanol–water partition coefficient (Wildman–Crippen LogP) is 7.98. The molecule has 1 spiro atoms. The van der Waals surface area contributed by atoms with E-state index in [2.05, 4.69) is 47.1 Å². The minimum Gasteiger partial charge on any atom is -0.506 e. The summed E-state index contributed by atoms with van der Waals surface area (Å²) >= 11 is 6.90. The van der Waals surface area contributed by atoms with Gasteiger partial charge < -0.3 is 24.7 Å². The number of nitrogens with one attached hydrogen (secondary N) is 1. The highest BCUT2D eigenvalue weighted by Gasteiger charge is 2.48. The highest BCUT2D eigenvalue weighted by molar-refractivity contribution is 6.32. The maximum Gasteiger partial charge on any atom is 0.174 e. The van der Waals surface area contributed by atoms with Gasteiger partial charge in [0.05, 0.1) is 17.1 Å². The van der Waals surface area contributed by atoms with Crippen molar-refractivity contribution in [1.29, 1.82) is 0 Å². The second kappa shape index (κ2) is 9.92. The van der Waals surface area contributed by atoms with Crippen molar-refractivity contribution in [3.8, 4) is 17.1 Å². The summed E-state index contributed by atoms with van der Waals surface area (Å²) in [6.07, 6.45) is 1.99. The molecule has 7 heteroatoms. The maximum absolute atomic E-state index is 11.2. The third-order valence-corrected chi connectivity index (χ3v) is 8.22. The number of aromatic nitrogens is 1. The second-order valence-corrected chi connectivity index (χ2v) is 12.5. The monoisotopic (exact) mass is 542 g/mol. The van der Waals surface area contributed by atoms with Gasteiger partial charge in [-0.05, 0) is 55.6 Å². The predicted molar refractivity (Wildman–Crippen MR) is 159 cm³/mol. The van der Waals surface area contributed by atoms with Crippen LogP contribution in [0, 0.1) is 5.41 Å². The number of fused-ring (bicyclic) bond motifs is 2. The van der Waals surface area contributed by atoms with Gasteiger partial charge in [-0.3, -0.25) is 0 Å². The van der Waals surface area contributed by atoms with E-state index >= 15 is 0 Å². The number of halogens is 1. The molecule has 0 atom stereocenters. The first-order chi connectivity index (χ1) is 18.7. The SMILES string of the molecule is CC(C)(C)CN1CCC2(CC1)CN(c1ccccc1Nc1cc(-c3ccccc3)on1)c1c(O)ccc(Cl)c12. The van der Waals surface area contributed by atoms with E-state index in [4.69, 9.17) is 16.1 Å². The summed E-state index contributed by atoms with van der Waals surface area (Å²) in [7, 11) is 0. The smallest absolute Gasteiger partial charge is 0.174 e. The minimum atomic E-state index is -0.124. The number of nitrogens with zero attached hydrogens (tertiary/aromatic N) is 3. The molecule has 3 aromatic carbocycles. The highest BCUT2D eigenvalue weighted by atomic mass is 35.5. The fourth-order valence-corrected chi connectivity index (χ4v) is 6.60. The van der Waals surface area contributed by atoms with Gasteiger partial charge in [-0.25, -0.2) is 0 Å². The van der Waals surface area contributed by atoms with Crippen LogP contribution in [0.25, 0.3) is 11.3 Å². The van der Waals surface area contributed by atoms with Gasteiger partial charge >= 0.3 is 0 Å². The van der Waals surface area contributed by atoms with E-state index in [-0.39, 0.29) is 16.6 Å². The van der Waals surface area contributed by atoms with Crippen LogP contribution in [-0.4, -0.2) is 41.3 Å². The normalized spacial score (nSPS) is 17.0. The molecule has 202 valence electrons. The van der Waals surface area contributed by atoms with Crippen LogP contribution >= 0.6 is 11.6 Å². The Hall–Kier alpha value is -3.48. The van der Waals surface area contributed by atoms with Crippen LogP contribution in [0.15, 0.2) is 77.3 Å². The summed E-state index contributed by atoms with van der Waals surface area (Å²) in [4.78, 5) is 4.80. The molecule has 4 aromatic rings. The molecule has 0 saturated carbocycles. The Labute approximate surface area is 235 Å². The van der Waals surface area contributed by atoms with Crippen LogP contribution in [0.2, 0.25) is 5.02 Å². The average Bonchev–Trinajstić information content (AvgIpc) is 3.52. The molecule has 2 aliphatic rings. The average molecular weight is 543 g/mol. The van der Waals surface area contributed by atoms with Crippen LogP contribution in [0.4, 0.5) is 22.9 Å². The molecule has 2 aliphatic heterocycles. The molecule has 1 aromatic heterocycles. The number of benzene rings is 3. The molecule has 1 saturated heterocycles. The van der Waals surface area contributed by atoms with Gasteiger partial charge in [0.2, 0.25) is 0 Å². The van der Waals surface area contributed by atoms with Crippen molar-refractivity contribution in [3.05, 3.63) is 83.4 Å². The summed E-state index contributed by atoms with van der Waals surface area (Å²) in [6.45, 7) is 10.7. The lowest BCUT2D eigenvalue weighted by molar-refractivity contribution is 0.125. The second-order valence-electron chi connectivity index (χ2n) is 12.1. The summed E-state index contributed by atoms with van der Waals surface area (Å²) < 4.78 is 5.63.